The molecule has 1 fully saturated rings. The molecule has 2 rings (SSSR count). The molecule has 5 nitrogen and oxygen atoms in total. The molecule has 0 amide bonds. The van der Waals surface area contributed by atoms with Crippen molar-refractivity contribution in [3.05, 3.63) is 23.8 Å². The molecule has 3 N–H and O–H groups in total. The Labute approximate surface area is 113 Å². The maximum atomic E-state index is 11.3. The first kappa shape index (κ1) is 13.7. The van der Waals surface area contributed by atoms with Gasteiger partial charge in [-0.2, -0.15) is 0 Å². The smallest absolute Gasteiger partial charge is 0.337 e. The van der Waals surface area contributed by atoms with Crippen LogP contribution >= 0.6 is 0 Å². The topological polar surface area (TPSA) is 69.8 Å². The molecule has 19 heavy (non-hydrogen) atoms. The van der Waals surface area contributed by atoms with Crippen molar-refractivity contribution in [1.82, 2.24) is 4.90 Å². The highest BCUT2D eigenvalue weighted by Gasteiger charge is 2.23. The van der Waals surface area contributed by atoms with Crippen LogP contribution in [0.2, 0.25) is 0 Å². The fourth-order valence-electron chi connectivity index (χ4n) is 2.68. The lowest BCUT2D eigenvalue weighted by atomic mass is 10.1. The number of benzene rings is 1. The molecular weight excluding hydrogens is 242 g/mol. The zero-order chi connectivity index (χ0) is 14.0. The van der Waals surface area contributed by atoms with Crippen molar-refractivity contribution in [1.29, 1.82) is 0 Å². The zero-order valence-corrected chi connectivity index (χ0v) is 11.5. The Morgan fingerprint density at radius 1 is 1.58 bits per heavy atom. The third-order valence-electron chi connectivity index (χ3n) is 3.82. The van der Waals surface area contributed by atoms with E-state index in [1.807, 2.05) is 11.9 Å². The van der Waals surface area contributed by atoms with Gasteiger partial charge in [-0.3, -0.25) is 0 Å². The quantitative estimate of drug-likeness (QED) is 0.806. The number of carbonyl (C=O) groups is 1. The monoisotopic (exact) mass is 263 g/mol. The standard InChI is InChI=1S/C14H21N3O2/c1-16-7-3-4-11(16)9-17(2)13-6-5-10(15)8-12(13)14(18)19/h5-6,8,11H,3-4,7,9,15H2,1-2H3,(H,18,19). The first-order valence-electron chi connectivity index (χ1n) is 6.53. The Bertz CT molecular complexity index is 476. The van der Waals surface area contributed by atoms with Gasteiger partial charge in [0.1, 0.15) is 0 Å². The van der Waals surface area contributed by atoms with Crippen molar-refractivity contribution in [2.24, 2.45) is 0 Å². The van der Waals surface area contributed by atoms with Gasteiger partial charge in [0.2, 0.25) is 0 Å². The Balaban J connectivity index is 2.18. The van der Waals surface area contributed by atoms with Crippen molar-refractivity contribution in [2.45, 2.75) is 18.9 Å². The second-order valence-corrected chi connectivity index (χ2v) is 5.24. The number of nitrogens with two attached hydrogens (primary N) is 1. The van der Waals surface area contributed by atoms with Crippen molar-refractivity contribution in [3.8, 4) is 0 Å². The second kappa shape index (κ2) is 5.48. The van der Waals surface area contributed by atoms with Crippen LogP contribution in [-0.4, -0.2) is 49.2 Å². The number of anilines is 2. The van der Waals surface area contributed by atoms with Gasteiger partial charge in [0.05, 0.1) is 11.3 Å². The first-order valence-corrected chi connectivity index (χ1v) is 6.53. The van der Waals surface area contributed by atoms with Crippen LogP contribution in [0.1, 0.15) is 23.2 Å². The first-order chi connectivity index (χ1) is 8.99. The molecule has 1 unspecified atom stereocenters. The molecule has 1 aliphatic heterocycles. The molecule has 0 aromatic heterocycles. The second-order valence-electron chi connectivity index (χ2n) is 5.24. The van der Waals surface area contributed by atoms with E-state index in [0.717, 1.165) is 25.2 Å². The van der Waals surface area contributed by atoms with Crippen LogP contribution in [0, 0.1) is 0 Å². The van der Waals surface area contributed by atoms with Crippen molar-refractivity contribution in [2.75, 3.05) is 37.8 Å². The highest BCUT2D eigenvalue weighted by atomic mass is 16.4. The minimum absolute atomic E-state index is 0.267. The number of carboxylic acids is 1. The third kappa shape index (κ3) is 2.98. The maximum Gasteiger partial charge on any atom is 0.337 e. The minimum atomic E-state index is -0.936. The van der Waals surface area contributed by atoms with E-state index in [2.05, 4.69) is 11.9 Å². The highest BCUT2D eigenvalue weighted by Crippen LogP contribution is 2.24. The Morgan fingerprint density at radius 2 is 2.32 bits per heavy atom. The molecule has 0 saturated carbocycles. The van der Waals surface area contributed by atoms with Crippen LogP contribution in [0.25, 0.3) is 0 Å². The van der Waals surface area contributed by atoms with E-state index in [0.29, 0.717) is 11.7 Å². The summed E-state index contributed by atoms with van der Waals surface area (Å²) in [5.74, 6) is -0.936. The molecule has 1 heterocycles. The molecule has 5 heteroatoms. The number of hydrogen-bond acceptors (Lipinski definition) is 4. The van der Waals surface area contributed by atoms with Crippen LogP contribution in [0.3, 0.4) is 0 Å². The van der Waals surface area contributed by atoms with E-state index in [1.165, 1.54) is 12.5 Å². The van der Waals surface area contributed by atoms with Crippen molar-refractivity contribution < 1.29 is 9.90 Å². The molecule has 1 atom stereocenters. The summed E-state index contributed by atoms with van der Waals surface area (Å²) >= 11 is 0. The molecule has 1 saturated heterocycles. The average Bonchev–Trinajstić information content (AvgIpc) is 2.74. The Hall–Kier alpha value is -1.75. The summed E-state index contributed by atoms with van der Waals surface area (Å²) in [6.45, 7) is 1.95. The molecule has 1 aliphatic rings. The lowest BCUT2D eigenvalue weighted by Gasteiger charge is -2.28. The van der Waals surface area contributed by atoms with Gasteiger partial charge in [-0.15, -0.1) is 0 Å². The Morgan fingerprint density at radius 3 is 2.89 bits per heavy atom. The SMILES string of the molecule is CN(CC1CCCN1C)c1ccc(N)cc1C(=O)O. The fraction of sp³-hybridized carbons (Fsp3) is 0.500. The van der Waals surface area contributed by atoms with E-state index in [-0.39, 0.29) is 5.56 Å². The van der Waals surface area contributed by atoms with E-state index >= 15 is 0 Å². The van der Waals surface area contributed by atoms with Gasteiger partial charge in [-0.05, 0) is 44.6 Å². The number of nitrogen functional groups attached to an aromatic ring is 1. The summed E-state index contributed by atoms with van der Waals surface area (Å²) in [7, 11) is 4.05. The number of hydrogen-bond donors (Lipinski definition) is 2. The van der Waals surface area contributed by atoms with Gasteiger partial charge >= 0.3 is 5.97 Å². The third-order valence-corrected chi connectivity index (χ3v) is 3.82. The maximum absolute atomic E-state index is 11.3. The minimum Gasteiger partial charge on any atom is -0.478 e. The molecule has 0 aliphatic carbocycles. The molecular formula is C14H21N3O2. The molecule has 0 spiro atoms. The molecule has 1 aromatic carbocycles. The van der Waals surface area contributed by atoms with Crippen molar-refractivity contribution in [3.63, 3.8) is 0 Å². The van der Waals surface area contributed by atoms with E-state index in [4.69, 9.17) is 5.73 Å². The lowest BCUT2D eigenvalue weighted by molar-refractivity contribution is 0.0697. The van der Waals surface area contributed by atoms with Gasteiger partial charge in [-0.25, -0.2) is 4.79 Å². The molecule has 104 valence electrons. The predicted octanol–water partition coefficient (Wildman–Crippen LogP) is 1.50. The fourth-order valence-corrected chi connectivity index (χ4v) is 2.68. The van der Waals surface area contributed by atoms with Crippen LogP contribution in [0.5, 0.6) is 0 Å². The van der Waals surface area contributed by atoms with Gasteiger partial charge in [0, 0.05) is 25.3 Å². The average molecular weight is 263 g/mol. The number of likely N-dealkylation sites (tertiary alicyclic amines) is 1. The van der Waals surface area contributed by atoms with Gasteiger partial charge < -0.3 is 20.6 Å². The summed E-state index contributed by atoms with van der Waals surface area (Å²) in [6.07, 6.45) is 2.38. The van der Waals surface area contributed by atoms with E-state index in [9.17, 15) is 9.90 Å². The molecule has 1 aromatic rings. The number of carboxylic acid groups (broad SMARTS) is 1. The van der Waals surface area contributed by atoms with Gasteiger partial charge in [-0.1, -0.05) is 0 Å². The number of likely N-dealkylation sites (N-methyl/N-ethyl adjacent to an activating group) is 2. The van der Waals surface area contributed by atoms with E-state index < -0.39 is 5.97 Å². The number of nitrogens with zero attached hydrogens (tertiary/aromatic N) is 2. The molecule has 0 bridgehead atoms. The van der Waals surface area contributed by atoms with Crippen molar-refractivity contribution >= 4 is 17.3 Å². The van der Waals surface area contributed by atoms with Gasteiger partial charge in [0.15, 0.2) is 0 Å². The predicted molar refractivity (Wildman–Crippen MR) is 76.7 cm³/mol. The zero-order valence-electron chi connectivity index (χ0n) is 11.5. The van der Waals surface area contributed by atoms with Crippen LogP contribution in [0.4, 0.5) is 11.4 Å². The van der Waals surface area contributed by atoms with Crippen LogP contribution in [-0.2, 0) is 0 Å². The van der Waals surface area contributed by atoms with Crippen LogP contribution < -0.4 is 10.6 Å². The number of aromatic carboxylic acids is 1. The summed E-state index contributed by atoms with van der Waals surface area (Å²) in [5, 5.41) is 9.26. The highest BCUT2D eigenvalue weighted by molar-refractivity contribution is 5.95. The summed E-state index contributed by atoms with van der Waals surface area (Å²) < 4.78 is 0. The number of rotatable bonds is 4. The van der Waals surface area contributed by atoms with E-state index in [1.54, 1.807) is 12.1 Å². The summed E-state index contributed by atoms with van der Waals surface area (Å²) in [6, 6.07) is 5.54. The molecule has 0 radical (unpaired) electrons. The Kier molecular flexibility index (Phi) is 3.95. The lowest BCUT2D eigenvalue weighted by Crippen LogP contribution is -2.37. The largest absolute Gasteiger partial charge is 0.478 e. The van der Waals surface area contributed by atoms with Crippen LogP contribution in [0.15, 0.2) is 18.2 Å². The normalized spacial score (nSPS) is 19.6. The summed E-state index contributed by atoms with van der Waals surface area (Å²) in [4.78, 5) is 15.6. The van der Waals surface area contributed by atoms with Gasteiger partial charge in [0.25, 0.3) is 0 Å². The summed E-state index contributed by atoms with van der Waals surface area (Å²) in [5.41, 5.74) is 7.13.